The lowest BCUT2D eigenvalue weighted by Gasteiger charge is -2.23. The van der Waals surface area contributed by atoms with Gasteiger partial charge in [-0.25, -0.2) is 4.79 Å². The summed E-state index contributed by atoms with van der Waals surface area (Å²) in [5.41, 5.74) is 7.22. The Morgan fingerprint density at radius 1 is 1.41 bits per heavy atom. The highest BCUT2D eigenvalue weighted by Gasteiger charge is 2.10. The van der Waals surface area contributed by atoms with Crippen LogP contribution in [-0.2, 0) is 0 Å². The average Bonchev–Trinajstić information content (AvgIpc) is 2.29. The number of hydrogen-bond acceptors (Lipinski definition) is 3. The zero-order chi connectivity index (χ0) is 12.8. The SMILES string of the molecule is CCCCN(CC)c1ccc(C(=O)O)c(N)c1. The fourth-order valence-corrected chi connectivity index (χ4v) is 1.76. The first-order valence-corrected chi connectivity index (χ1v) is 5.97. The van der Waals surface area contributed by atoms with Crippen LogP contribution in [0.25, 0.3) is 0 Å². The van der Waals surface area contributed by atoms with Crippen molar-refractivity contribution in [1.29, 1.82) is 0 Å². The van der Waals surface area contributed by atoms with Gasteiger partial charge >= 0.3 is 5.97 Å². The molecule has 0 amide bonds. The van der Waals surface area contributed by atoms with Crippen LogP contribution in [0.4, 0.5) is 11.4 Å². The lowest BCUT2D eigenvalue weighted by atomic mass is 10.1. The van der Waals surface area contributed by atoms with Gasteiger partial charge in [-0.15, -0.1) is 0 Å². The zero-order valence-electron chi connectivity index (χ0n) is 10.4. The molecule has 0 saturated carbocycles. The van der Waals surface area contributed by atoms with E-state index in [2.05, 4.69) is 18.7 Å². The molecule has 0 bridgehead atoms. The topological polar surface area (TPSA) is 66.6 Å². The van der Waals surface area contributed by atoms with E-state index < -0.39 is 5.97 Å². The fourth-order valence-electron chi connectivity index (χ4n) is 1.76. The second kappa shape index (κ2) is 6.13. The van der Waals surface area contributed by atoms with E-state index in [1.807, 2.05) is 6.07 Å². The number of anilines is 2. The van der Waals surface area contributed by atoms with Gasteiger partial charge < -0.3 is 15.7 Å². The third-order valence-corrected chi connectivity index (χ3v) is 2.79. The summed E-state index contributed by atoms with van der Waals surface area (Å²) in [6.07, 6.45) is 2.26. The first kappa shape index (κ1) is 13.4. The molecule has 0 atom stereocenters. The second-order valence-corrected chi connectivity index (χ2v) is 4.01. The first-order chi connectivity index (χ1) is 8.10. The molecule has 0 aromatic heterocycles. The third kappa shape index (κ3) is 3.37. The van der Waals surface area contributed by atoms with Crippen molar-refractivity contribution in [3.63, 3.8) is 0 Å². The highest BCUT2D eigenvalue weighted by molar-refractivity contribution is 5.94. The number of carboxylic acids is 1. The Morgan fingerprint density at radius 2 is 2.12 bits per heavy atom. The Labute approximate surface area is 102 Å². The maximum absolute atomic E-state index is 10.9. The summed E-state index contributed by atoms with van der Waals surface area (Å²) < 4.78 is 0. The Hall–Kier alpha value is -1.71. The molecule has 0 fully saturated rings. The van der Waals surface area contributed by atoms with E-state index >= 15 is 0 Å². The summed E-state index contributed by atoms with van der Waals surface area (Å²) in [7, 11) is 0. The number of rotatable bonds is 6. The summed E-state index contributed by atoms with van der Waals surface area (Å²) in [6, 6.07) is 5.13. The normalized spacial score (nSPS) is 10.2. The highest BCUT2D eigenvalue weighted by atomic mass is 16.4. The maximum atomic E-state index is 10.9. The smallest absolute Gasteiger partial charge is 0.337 e. The Morgan fingerprint density at radius 3 is 2.59 bits per heavy atom. The standard InChI is InChI=1S/C13H20N2O2/c1-3-5-8-15(4-2)10-6-7-11(13(16)17)12(14)9-10/h6-7,9H,3-5,8,14H2,1-2H3,(H,16,17). The average molecular weight is 236 g/mol. The molecular formula is C13H20N2O2. The van der Waals surface area contributed by atoms with E-state index in [-0.39, 0.29) is 5.56 Å². The molecule has 94 valence electrons. The molecule has 1 rings (SSSR count). The number of hydrogen-bond donors (Lipinski definition) is 2. The summed E-state index contributed by atoms with van der Waals surface area (Å²) in [5.74, 6) is -0.981. The molecule has 0 aliphatic carbocycles. The van der Waals surface area contributed by atoms with Crippen molar-refractivity contribution >= 4 is 17.3 Å². The largest absolute Gasteiger partial charge is 0.478 e. The summed E-state index contributed by atoms with van der Waals surface area (Å²) in [4.78, 5) is 13.1. The van der Waals surface area contributed by atoms with Crippen molar-refractivity contribution in [2.24, 2.45) is 0 Å². The maximum Gasteiger partial charge on any atom is 0.337 e. The van der Waals surface area contributed by atoms with Crippen molar-refractivity contribution in [3.05, 3.63) is 23.8 Å². The quantitative estimate of drug-likeness (QED) is 0.745. The molecule has 1 aromatic carbocycles. The van der Waals surface area contributed by atoms with Crippen molar-refractivity contribution in [2.75, 3.05) is 23.7 Å². The highest BCUT2D eigenvalue weighted by Crippen LogP contribution is 2.21. The van der Waals surface area contributed by atoms with Crippen molar-refractivity contribution in [3.8, 4) is 0 Å². The molecule has 3 N–H and O–H groups in total. The lowest BCUT2D eigenvalue weighted by molar-refractivity contribution is 0.0698. The minimum absolute atomic E-state index is 0.167. The first-order valence-electron chi connectivity index (χ1n) is 5.97. The number of nitrogen functional groups attached to an aromatic ring is 1. The number of carboxylic acid groups (broad SMARTS) is 1. The molecule has 0 aliphatic heterocycles. The zero-order valence-corrected chi connectivity index (χ0v) is 10.4. The number of nitrogens with zero attached hydrogens (tertiary/aromatic N) is 1. The van der Waals surface area contributed by atoms with Gasteiger partial charge in [-0.05, 0) is 31.5 Å². The Balaban J connectivity index is 2.90. The van der Waals surface area contributed by atoms with Crippen molar-refractivity contribution in [2.45, 2.75) is 26.7 Å². The van der Waals surface area contributed by atoms with Crippen LogP contribution in [-0.4, -0.2) is 24.2 Å². The molecule has 0 saturated heterocycles. The number of unbranched alkanes of at least 4 members (excludes halogenated alkanes) is 1. The summed E-state index contributed by atoms with van der Waals surface area (Å²) >= 11 is 0. The van der Waals surface area contributed by atoms with E-state index in [1.165, 1.54) is 0 Å². The fraction of sp³-hybridized carbons (Fsp3) is 0.462. The Bertz CT molecular complexity index is 391. The molecule has 4 heteroatoms. The van der Waals surface area contributed by atoms with Gasteiger partial charge in [0.15, 0.2) is 0 Å². The minimum atomic E-state index is -0.981. The molecule has 4 nitrogen and oxygen atoms in total. The lowest BCUT2D eigenvalue weighted by Crippen LogP contribution is -2.24. The molecule has 0 unspecified atom stereocenters. The number of aromatic carboxylic acids is 1. The molecule has 0 heterocycles. The van der Waals surface area contributed by atoms with Gasteiger partial charge in [-0.2, -0.15) is 0 Å². The van der Waals surface area contributed by atoms with Crippen LogP contribution in [0.15, 0.2) is 18.2 Å². The molecule has 0 spiro atoms. The predicted octanol–water partition coefficient (Wildman–Crippen LogP) is 2.59. The van der Waals surface area contributed by atoms with Crippen LogP contribution in [0, 0.1) is 0 Å². The molecule has 1 aromatic rings. The molecule has 0 radical (unpaired) electrons. The van der Waals surface area contributed by atoms with E-state index in [9.17, 15) is 4.79 Å². The van der Waals surface area contributed by atoms with Gasteiger partial charge in [0.2, 0.25) is 0 Å². The molecular weight excluding hydrogens is 216 g/mol. The van der Waals surface area contributed by atoms with Crippen LogP contribution in [0.5, 0.6) is 0 Å². The van der Waals surface area contributed by atoms with Crippen LogP contribution < -0.4 is 10.6 Å². The van der Waals surface area contributed by atoms with Gasteiger partial charge in [0.05, 0.1) is 5.56 Å². The second-order valence-electron chi connectivity index (χ2n) is 4.01. The van der Waals surface area contributed by atoms with Gasteiger partial charge in [0, 0.05) is 24.5 Å². The number of nitrogens with two attached hydrogens (primary N) is 1. The van der Waals surface area contributed by atoms with Gasteiger partial charge in [0.1, 0.15) is 0 Å². The van der Waals surface area contributed by atoms with Gasteiger partial charge in [-0.1, -0.05) is 13.3 Å². The third-order valence-electron chi connectivity index (χ3n) is 2.79. The molecule has 17 heavy (non-hydrogen) atoms. The molecule has 0 aliphatic rings. The number of benzene rings is 1. The van der Waals surface area contributed by atoms with Crippen LogP contribution in [0.3, 0.4) is 0 Å². The van der Waals surface area contributed by atoms with E-state index in [0.717, 1.165) is 31.6 Å². The monoisotopic (exact) mass is 236 g/mol. The van der Waals surface area contributed by atoms with E-state index in [0.29, 0.717) is 5.69 Å². The Kier molecular flexibility index (Phi) is 4.82. The predicted molar refractivity (Wildman–Crippen MR) is 70.6 cm³/mol. The summed E-state index contributed by atoms with van der Waals surface area (Å²) in [6.45, 7) is 6.09. The van der Waals surface area contributed by atoms with Crippen LogP contribution in [0.2, 0.25) is 0 Å². The van der Waals surface area contributed by atoms with E-state index in [1.54, 1.807) is 12.1 Å². The summed E-state index contributed by atoms with van der Waals surface area (Å²) in [5, 5.41) is 8.90. The van der Waals surface area contributed by atoms with Crippen molar-refractivity contribution in [1.82, 2.24) is 0 Å². The van der Waals surface area contributed by atoms with Crippen molar-refractivity contribution < 1.29 is 9.90 Å². The minimum Gasteiger partial charge on any atom is -0.478 e. The number of carbonyl (C=O) groups is 1. The van der Waals surface area contributed by atoms with Crippen LogP contribution in [0.1, 0.15) is 37.0 Å². The van der Waals surface area contributed by atoms with E-state index in [4.69, 9.17) is 10.8 Å². The van der Waals surface area contributed by atoms with Crippen LogP contribution >= 0.6 is 0 Å². The van der Waals surface area contributed by atoms with Gasteiger partial charge in [0.25, 0.3) is 0 Å². The van der Waals surface area contributed by atoms with Gasteiger partial charge in [-0.3, -0.25) is 0 Å².